The van der Waals surface area contributed by atoms with Gasteiger partial charge in [-0.25, -0.2) is 18.2 Å². The van der Waals surface area contributed by atoms with Gasteiger partial charge in [0.1, 0.15) is 11.9 Å². The van der Waals surface area contributed by atoms with Gasteiger partial charge in [0.25, 0.3) is 0 Å². The highest BCUT2D eigenvalue weighted by Gasteiger charge is 2.31. The second-order valence-electron chi connectivity index (χ2n) is 6.78. The Morgan fingerprint density at radius 3 is 2.59 bits per heavy atom. The smallest absolute Gasteiger partial charge is 0.411 e. The standard InChI is InChI=1S/C19H24N4O5S/c1-13-11-18(21-14(2)20-13)28-16-5-4-10-23(12-16)29(25,26)17-8-6-15(7-9-17)22-19(24)27-3/h6-9,11,16H,4-5,10,12H2,1-3H3,(H,22,24). The number of carbonyl (C=O) groups excluding carboxylic acids is 1. The molecule has 1 amide bonds. The van der Waals surface area contributed by atoms with Crippen molar-refractivity contribution >= 4 is 21.8 Å². The van der Waals surface area contributed by atoms with E-state index in [-0.39, 0.29) is 17.5 Å². The number of sulfonamides is 1. The van der Waals surface area contributed by atoms with Crippen molar-refractivity contribution in [2.45, 2.75) is 37.7 Å². The lowest BCUT2D eigenvalue weighted by Gasteiger charge is -2.31. The summed E-state index contributed by atoms with van der Waals surface area (Å²) < 4.78 is 37.9. The minimum atomic E-state index is -3.68. The summed E-state index contributed by atoms with van der Waals surface area (Å²) in [7, 11) is -2.42. The van der Waals surface area contributed by atoms with E-state index in [9.17, 15) is 13.2 Å². The zero-order valence-corrected chi connectivity index (χ0v) is 17.4. The number of carbonyl (C=O) groups is 1. The van der Waals surface area contributed by atoms with Gasteiger partial charge < -0.3 is 9.47 Å². The number of anilines is 1. The number of benzene rings is 1. The largest absolute Gasteiger partial charge is 0.473 e. The summed E-state index contributed by atoms with van der Waals surface area (Å²) in [5.74, 6) is 1.07. The monoisotopic (exact) mass is 420 g/mol. The predicted octanol–water partition coefficient (Wildman–Crippen LogP) is 2.50. The Balaban J connectivity index is 1.70. The number of amides is 1. The minimum Gasteiger partial charge on any atom is -0.473 e. The molecule has 2 aromatic rings. The number of rotatable bonds is 5. The van der Waals surface area contributed by atoms with Crippen molar-refractivity contribution in [1.29, 1.82) is 0 Å². The van der Waals surface area contributed by atoms with E-state index in [1.54, 1.807) is 13.0 Å². The van der Waals surface area contributed by atoms with E-state index in [0.717, 1.165) is 12.1 Å². The summed E-state index contributed by atoms with van der Waals surface area (Å²) in [5, 5.41) is 2.49. The molecular formula is C19H24N4O5S. The van der Waals surface area contributed by atoms with Gasteiger partial charge in [-0.3, -0.25) is 5.32 Å². The van der Waals surface area contributed by atoms with E-state index in [1.807, 2.05) is 6.92 Å². The van der Waals surface area contributed by atoms with Crippen LogP contribution in [0.2, 0.25) is 0 Å². The highest BCUT2D eigenvalue weighted by Crippen LogP contribution is 2.24. The van der Waals surface area contributed by atoms with Gasteiger partial charge in [0.15, 0.2) is 0 Å². The molecule has 1 fully saturated rings. The lowest BCUT2D eigenvalue weighted by molar-refractivity contribution is 0.124. The summed E-state index contributed by atoms with van der Waals surface area (Å²) in [6.07, 6.45) is 0.532. The summed E-state index contributed by atoms with van der Waals surface area (Å²) in [6.45, 7) is 4.31. The Kier molecular flexibility index (Phi) is 6.33. The molecule has 2 heterocycles. The predicted molar refractivity (Wildman–Crippen MR) is 106 cm³/mol. The Hall–Kier alpha value is -2.72. The van der Waals surface area contributed by atoms with Crippen molar-refractivity contribution in [3.63, 3.8) is 0 Å². The molecule has 3 rings (SSSR count). The van der Waals surface area contributed by atoms with Gasteiger partial charge in [-0.1, -0.05) is 0 Å². The lowest BCUT2D eigenvalue weighted by Crippen LogP contribution is -2.44. The summed E-state index contributed by atoms with van der Waals surface area (Å²) in [5.41, 5.74) is 1.25. The van der Waals surface area contributed by atoms with Crippen LogP contribution in [0.3, 0.4) is 0 Å². The first kappa shape index (κ1) is 21.0. The van der Waals surface area contributed by atoms with Gasteiger partial charge in [-0.2, -0.15) is 9.29 Å². The maximum absolute atomic E-state index is 13.0. The molecule has 1 atom stereocenters. The van der Waals surface area contributed by atoms with Crippen LogP contribution in [0.25, 0.3) is 0 Å². The van der Waals surface area contributed by atoms with Crippen molar-refractivity contribution < 1.29 is 22.7 Å². The zero-order valence-electron chi connectivity index (χ0n) is 16.6. The van der Waals surface area contributed by atoms with Crippen LogP contribution in [-0.4, -0.2) is 55.1 Å². The van der Waals surface area contributed by atoms with Crippen LogP contribution in [0, 0.1) is 13.8 Å². The highest BCUT2D eigenvalue weighted by molar-refractivity contribution is 7.89. The number of hydrogen-bond donors (Lipinski definition) is 1. The van der Waals surface area contributed by atoms with Crippen LogP contribution in [0.5, 0.6) is 5.88 Å². The molecule has 1 N–H and O–H groups in total. The Morgan fingerprint density at radius 2 is 1.93 bits per heavy atom. The van der Waals surface area contributed by atoms with Crippen LogP contribution in [0.4, 0.5) is 10.5 Å². The number of hydrogen-bond acceptors (Lipinski definition) is 7. The average molecular weight is 420 g/mol. The molecule has 0 radical (unpaired) electrons. The van der Waals surface area contributed by atoms with Crippen LogP contribution in [0.15, 0.2) is 35.2 Å². The molecule has 1 aromatic carbocycles. The van der Waals surface area contributed by atoms with Crippen molar-refractivity contribution in [1.82, 2.24) is 14.3 Å². The molecule has 1 saturated heterocycles. The summed E-state index contributed by atoms with van der Waals surface area (Å²) in [6, 6.07) is 7.71. The van der Waals surface area contributed by atoms with Crippen LogP contribution >= 0.6 is 0 Å². The van der Waals surface area contributed by atoms with Crippen LogP contribution < -0.4 is 10.1 Å². The Labute approximate surface area is 170 Å². The van der Waals surface area contributed by atoms with Gasteiger partial charge in [0.05, 0.1) is 18.6 Å². The minimum absolute atomic E-state index is 0.155. The number of ether oxygens (including phenoxy) is 2. The summed E-state index contributed by atoms with van der Waals surface area (Å²) >= 11 is 0. The summed E-state index contributed by atoms with van der Waals surface area (Å²) in [4.78, 5) is 19.9. The van der Waals surface area contributed by atoms with Crippen LogP contribution in [-0.2, 0) is 14.8 Å². The molecule has 10 heteroatoms. The Morgan fingerprint density at radius 1 is 1.21 bits per heavy atom. The molecule has 1 aliphatic rings. The van der Waals surface area contributed by atoms with E-state index in [4.69, 9.17) is 4.74 Å². The molecular weight excluding hydrogens is 396 g/mol. The van der Waals surface area contributed by atoms with E-state index >= 15 is 0 Å². The number of aromatic nitrogens is 2. The maximum atomic E-state index is 13.0. The fourth-order valence-corrected chi connectivity index (χ4v) is 4.67. The quantitative estimate of drug-likeness (QED) is 0.791. The topological polar surface area (TPSA) is 111 Å². The molecule has 1 aliphatic heterocycles. The molecule has 0 aliphatic carbocycles. The lowest BCUT2D eigenvalue weighted by atomic mass is 10.1. The fourth-order valence-electron chi connectivity index (χ4n) is 3.16. The number of nitrogens with zero attached hydrogens (tertiary/aromatic N) is 3. The third-order valence-corrected chi connectivity index (χ3v) is 6.37. The molecule has 0 bridgehead atoms. The first-order valence-electron chi connectivity index (χ1n) is 9.22. The van der Waals surface area contributed by atoms with E-state index in [0.29, 0.717) is 30.4 Å². The molecule has 29 heavy (non-hydrogen) atoms. The maximum Gasteiger partial charge on any atom is 0.411 e. The van der Waals surface area contributed by atoms with Crippen molar-refractivity contribution in [2.24, 2.45) is 0 Å². The van der Waals surface area contributed by atoms with Gasteiger partial charge in [-0.15, -0.1) is 0 Å². The van der Waals surface area contributed by atoms with Gasteiger partial charge in [0.2, 0.25) is 15.9 Å². The molecule has 1 unspecified atom stereocenters. The molecule has 9 nitrogen and oxygen atoms in total. The van der Waals surface area contributed by atoms with Gasteiger partial charge >= 0.3 is 6.09 Å². The normalized spacial score (nSPS) is 17.6. The molecule has 1 aromatic heterocycles. The number of methoxy groups -OCH3 is 1. The first-order valence-corrected chi connectivity index (χ1v) is 10.7. The second-order valence-corrected chi connectivity index (χ2v) is 8.72. The van der Waals surface area contributed by atoms with E-state index in [1.165, 1.54) is 35.7 Å². The number of aryl methyl sites for hydroxylation is 2. The first-order chi connectivity index (χ1) is 13.8. The van der Waals surface area contributed by atoms with E-state index in [2.05, 4.69) is 20.0 Å². The zero-order chi connectivity index (χ0) is 21.0. The fraction of sp³-hybridized carbons (Fsp3) is 0.421. The van der Waals surface area contributed by atoms with Gasteiger partial charge in [0, 0.05) is 24.0 Å². The third kappa shape index (κ3) is 5.21. The number of piperidine rings is 1. The number of nitrogens with one attached hydrogen (secondary N) is 1. The molecule has 156 valence electrons. The van der Waals surface area contributed by atoms with Crippen LogP contribution in [0.1, 0.15) is 24.4 Å². The van der Waals surface area contributed by atoms with Crippen molar-refractivity contribution in [3.05, 3.63) is 41.9 Å². The second kappa shape index (κ2) is 8.75. The van der Waals surface area contributed by atoms with Crippen molar-refractivity contribution in [3.8, 4) is 5.88 Å². The third-order valence-electron chi connectivity index (χ3n) is 4.49. The molecule has 0 spiro atoms. The van der Waals surface area contributed by atoms with E-state index < -0.39 is 16.1 Å². The SMILES string of the molecule is COC(=O)Nc1ccc(S(=O)(=O)N2CCCC(Oc3cc(C)nc(C)n3)C2)cc1. The van der Waals surface area contributed by atoms with Gasteiger partial charge in [-0.05, 0) is 51.0 Å². The average Bonchev–Trinajstić information content (AvgIpc) is 2.67. The molecule has 0 saturated carbocycles. The highest BCUT2D eigenvalue weighted by atomic mass is 32.2. The van der Waals surface area contributed by atoms with Crippen molar-refractivity contribution in [2.75, 3.05) is 25.5 Å². The Bertz CT molecular complexity index is 958.